The van der Waals surface area contributed by atoms with E-state index >= 15 is 0 Å². The molecule has 1 aromatic carbocycles. The number of benzene rings is 1. The predicted octanol–water partition coefficient (Wildman–Crippen LogP) is 0.999. The summed E-state index contributed by atoms with van der Waals surface area (Å²) in [6.07, 6.45) is -4.45. The van der Waals surface area contributed by atoms with Crippen LogP contribution in [0, 0.1) is 0 Å². The molecule has 0 atom stereocenters. The summed E-state index contributed by atoms with van der Waals surface area (Å²) in [6, 6.07) is 4.33. The van der Waals surface area contributed by atoms with Crippen molar-refractivity contribution in [1.82, 2.24) is 4.72 Å². The number of halogens is 3. The van der Waals surface area contributed by atoms with Crippen molar-refractivity contribution in [3.8, 4) is 0 Å². The van der Waals surface area contributed by atoms with Gasteiger partial charge in [-0.2, -0.15) is 26.3 Å². The maximum Gasteiger partial charge on any atom is 0.416 e. The molecule has 0 spiro atoms. The van der Waals surface area contributed by atoms with E-state index in [0.29, 0.717) is 0 Å². The van der Waals surface area contributed by atoms with E-state index < -0.39 is 21.9 Å². The van der Waals surface area contributed by atoms with Crippen LogP contribution in [0.4, 0.5) is 13.2 Å². The zero-order valence-electron chi connectivity index (χ0n) is 7.95. The molecule has 0 aromatic heterocycles. The summed E-state index contributed by atoms with van der Waals surface area (Å²) in [4.78, 5) is 0. The SMILES string of the molecule is NS(=O)(=O)NCc1cccc(C(F)(F)F)c1. The molecule has 4 nitrogen and oxygen atoms in total. The van der Waals surface area contributed by atoms with Crippen molar-refractivity contribution in [2.75, 3.05) is 0 Å². The van der Waals surface area contributed by atoms with Gasteiger partial charge in [-0.25, -0.2) is 5.14 Å². The molecule has 0 aliphatic rings. The van der Waals surface area contributed by atoms with E-state index in [4.69, 9.17) is 0 Å². The minimum absolute atomic E-state index is 0.184. The zero-order chi connectivity index (χ0) is 12.4. The third-order valence-corrected chi connectivity index (χ3v) is 2.28. The van der Waals surface area contributed by atoms with Gasteiger partial charge in [0.15, 0.2) is 0 Å². The Labute approximate surface area is 90.4 Å². The lowest BCUT2D eigenvalue weighted by Crippen LogP contribution is -2.30. The molecule has 0 amide bonds. The minimum atomic E-state index is -4.45. The Morgan fingerprint density at radius 2 is 1.94 bits per heavy atom. The van der Waals surface area contributed by atoms with Gasteiger partial charge in [-0.15, -0.1) is 0 Å². The fourth-order valence-corrected chi connectivity index (χ4v) is 1.41. The molecule has 0 aliphatic carbocycles. The summed E-state index contributed by atoms with van der Waals surface area (Å²) >= 11 is 0. The Balaban J connectivity index is 2.84. The second-order valence-electron chi connectivity index (χ2n) is 3.06. The third-order valence-electron chi connectivity index (χ3n) is 1.73. The van der Waals surface area contributed by atoms with Gasteiger partial charge in [0.2, 0.25) is 0 Å². The smallest absolute Gasteiger partial charge is 0.216 e. The fourth-order valence-electron chi connectivity index (χ4n) is 1.04. The van der Waals surface area contributed by atoms with Gasteiger partial charge in [-0.3, -0.25) is 0 Å². The first-order valence-corrected chi connectivity index (χ1v) is 5.66. The van der Waals surface area contributed by atoms with Crippen LogP contribution in [0.1, 0.15) is 11.1 Å². The molecule has 0 bridgehead atoms. The van der Waals surface area contributed by atoms with Crippen LogP contribution in [0.5, 0.6) is 0 Å². The summed E-state index contributed by atoms with van der Waals surface area (Å²) in [5.41, 5.74) is -0.648. The highest BCUT2D eigenvalue weighted by atomic mass is 32.2. The molecule has 0 radical (unpaired) electrons. The second kappa shape index (κ2) is 4.40. The van der Waals surface area contributed by atoms with Crippen molar-refractivity contribution in [2.45, 2.75) is 12.7 Å². The molecule has 90 valence electrons. The van der Waals surface area contributed by atoms with E-state index in [-0.39, 0.29) is 12.1 Å². The van der Waals surface area contributed by atoms with Crippen LogP contribution in [0.25, 0.3) is 0 Å². The highest BCUT2D eigenvalue weighted by Crippen LogP contribution is 2.29. The summed E-state index contributed by atoms with van der Waals surface area (Å²) < 4.78 is 59.8. The van der Waals surface area contributed by atoms with Gasteiger partial charge in [0.1, 0.15) is 0 Å². The number of hydrogen-bond donors (Lipinski definition) is 2. The van der Waals surface area contributed by atoms with E-state index in [9.17, 15) is 21.6 Å². The average Bonchev–Trinajstić information content (AvgIpc) is 2.13. The molecule has 8 heteroatoms. The Hall–Kier alpha value is -1.12. The molecule has 0 heterocycles. The quantitative estimate of drug-likeness (QED) is 0.844. The first kappa shape index (κ1) is 12.9. The summed E-state index contributed by atoms with van der Waals surface area (Å²) in [5.74, 6) is 0. The number of alkyl halides is 3. The van der Waals surface area contributed by atoms with Crippen LogP contribution >= 0.6 is 0 Å². The molecule has 0 saturated heterocycles. The molecule has 0 saturated carbocycles. The summed E-state index contributed by atoms with van der Waals surface area (Å²) in [7, 11) is -3.90. The molecule has 3 N–H and O–H groups in total. The van der Waals surface area contributed by atoms with Crippen LogP contribution < -0.4 is 9.86 Å². The lowest BCUT2D eigenvalue weighted by atomic mass is 10.1. The number of nitrogens with one attached hydrogen (secondary N) is 1. The van der Waals surface area contributed by atoms with Crippen molar-refractivity contribution in [1.29, 1.82) is 0 Å². The third kappa shape index (κ3) is 4.17. The number of rotatable bonds is 3. The van der Waals surface area contributed by atoms with Crippen LogP contribution in [-0.2, 0) is 22.9 Å². The van der Waals surface area contributed by atoms with E-state index in [1.54, 1.807) is 0 Å². The molecule has 1 rings (SSSR count). The number of hydrogen-bond acceptors (Lipinski definition) is 2. The maximum absolute atomic E-state index is 12.3. The maximum atomic E-state index is 12.3. The molecule has 0 fully saturated rings. The van der Waals surface area contributed by atoms with Gasteiger partial charge >= 0.3 is 6.18 Å². The van der Waals surface area contributed by atoms with Crippen molar-refractivity contribution < 1.29 is 21.6 Å². The van der Waals surface area contributed by atoms with E-state index in [0.717, 1.165) is 12.1 Å². The zero-order valence-corrected chi connectivity index (χ0v) is 8.77. The second-order valence-corrected chi connectivity index (χ2v) is 4.44. The molecular formula is C8H9F3N2O2S. The van der Waals surface area contributed by atoms with Crippen molar-refractivity contribution >= 4 is 10.2 Å². The van der Waals surface area contributed by atoms with E-state index in [1.807, 2.05) is 4.72 Å². The van der Waals surface area contributed by atoms with Gasteiger partial charge in [-0.1, -0.05) is 18.2 Å². The molecular weight excluding hydrogens is 245 g/mol. The Bertz CT molecular complexity index is 470. The normalized spacial score (nSPS) is 12.8. The van der Waals surface area contributed by atoms with Gasteiger partial charge in [0, 0.05) is 6.54 Å². The lowest BCUT2D eigenvalue weighted by molar-refractivity contribution is -0.137. The predicted molar refractivity (Wildman–Crippen MR) is 51.4 cm³/mol. The van der Waals surface area contributed by atoms with Gasteiger partial charge in [0.25, 0.3) is 10.2 Å². The first-order valence-electron chi connectivity index (χ1n) is 4.12. The minimum Gasteiger partial charge on any atom is -0.216 e. The molecule has 1 aromatic rings. The topological polar surface area (TPSA) is 72.2 Å². The van der Waals surface area contributed by atoms with Gasteiger partial charge in [0.05, 0.1) is 5.56 Å². The number of nitrogens with two attached hydrogens (primary N) is 1. The van der Waals surface area contributed by atoms with Crippen LogP contribution in [0.3, 0.4) is 0 Å². The molecule has 0 aliphatic heterocycles. The molecule has 0 unspecified atom stereocenters. The summed E-state index contributed by atoms with van der Waals surface area (Å²) in [6.45, 7) is -0.275. The van der Waals surface area contributed by atoms with Crippen LogP contribution in [-0.4, -0.2) is 8.42 Å². The lowest BCUT2D eigenvalue weighted by Gasteiger charge is -2.08. The van der Waals surface area contributed by atoms with Crippen molar-refractivity contribution in [3.63, 3.8) is 0 Å². The fraction of sp³-hybridized carbons (Fsp3) is 0.250. The van der Waals surface area contributed by atoms with Gasteiger partial charge < -0.3 is 0 Å². The van der Waals surface area contributed by atoms with Crippen LogP contribution in [0.2, 0.25) is 0 Å². The van der Waals surface area contributed by atoms with Crippen molar-refractivity contribution in [3.05, 3.63) is 35.4 Å². The van der Waals surface area contributed by atoms with E-state index in [1.165, 1.54) is 12.1 Å². The van der Waals surface area contributed by atoms with Crippen LogP contribution in [0.15, 0.2) is 24.3 Å². The standard InChI is InChI=1S/C8H9F3N2O2S/c9-8(10,11)7-3-1-2-6(4-7)5-13-16(12,14)15/h1-4,13H,5H2,(H2,12,14,15). The Morgan fingerprint density at radius 1 is 1.31 bits per heavy atom. The Kier molecular flexibility index (Phi) is 3.56. The Morgan fingerprint density at radius 3 is 2.44 bits per heavy atom. The first-order chi connectivity index (χ1) is 7.18. The van der Waals surface area contributed by atoms with Gasteiger partial charge in [-0.05, 0) is 11.6 Å². The van der Waals surface area contributed by atoms with Crippen molar-refractivity contribution in [2.24, 2.45) is 5.14 Å². The van der Waals surface area contributed by atoms with E-state index in [2.05, 4.69) is 5.14 Å². The average molecular weight is 254 g/mol. The molecule has 16 heavy (non-hydrogen) atoms. The highest BCUT2D eigenvalue weighted by Gasteiger charge is 2.30. The highest BCUT2D eigenvalue weighted by molar-refractivity contribution is 7.87. The monoisotopic (exact) mass is 254 g/mol. The summed E-state index contributed by atoms with van der Waals surface area (Å²) in [5, 5.41) is 4.65. The largest absolute Gasteiger partial charge is 0.416 e.